The second kappa shape index (κ2) is 9.57. The number of hydrogen-bond donors (Lipinski definition) is 0. The average molecular weight is 470 g/mol. The molecule has 1 saturated carbocycles. The van der Waals surface area contributed by atoms with Gasteiger partial charge in [-0.25, -0.2) is 0 Å². The summed E-state index contributed by atoms with van der Waals surface area (Å²) in [6, 6.07) is 11.2. The maximum atomic E-state index is 6.24. The van der Waals surface area contributed by atoms with E-state index in [4.69, 9.17) is 25.9 Å². The molecule has 0 spiro atoms. The average Bonchev–Trinajstić information content (AvgIpc) is 3.41. The predicted molar refractivity (Wildman–Crippen MR) is 126 cm³/mol. The molecule has 3 heterocycles. The molecular formula is C25H32ClN5O2. The van der Waals surface area contributed by atoms with Gasteiger partial charge in [-0.1, -0.05) is 23.7 Å². The largest absolute Gasteiger partial charge is 0.423 e. The first-order valence-corrected chi connectivity index (χ1v) is 12.3. The van der Waals surface area contributed by atoms with Gasteiger partial charge in [-0.2, -0.15) is 5.10 Å². The molecule has 1 aliphatic heterocycles. The van der Waals surface area contributed by atoms with E-state index in [9.17, 15) is 0 Å². The summed E-state index contributed by atoms with van der Waals surface area (Å²) in [5.74, 6) is 1.71. The van der Waals surface area contributed by atoms with Crippen LogP contribution in [-0.4, -0.2) is 50.1 Å². The first-order valence-electron chi connectivity index (χ1n) is 11.9. The Balaban J connectivity index is 1.31. The van der Waals surface area contributed by atoms with E-state index in [-0.39, 0.29) is 6.10 Å². The fraction of sp³-hybridized carbons (Fsp3) is 0.560. The summed E-state index contributed by atoms with van der Waals surface area (Å²) >= 11 is 6.10. The van der Waals surface area contributed by atoms with Crippen LogP contribution in [0, 0.1) is 13.8 Å². The zero-order chi connectivity index (χ0) is 22.9. The number of benzene rings is 1. The van der Waals surface area contributed by atoms with E-state index >= 15 is 0 Å². The van der Waals surface area contributed by atoms with Crippen molar-refractivity contribution in [1.29, 1.82) is 0 Å². The smallest absolute Gasteiger partial charge is 0.246 e. The minimum absolute atomic E-state index is 0.177. The van der Waals surface area contributed by atoms with Gasteiger partial charge in [0.1, 0.15) is 6.10 Å². The van der Waals surface area contributed by atoms with E-state index in [2.05, 4.69) is 40.2 Å². The number of hydrogen-bond acceptors (Lipinski definition) is 6. The molecule has 0 amide bonds. The van der Waals surface area contributed by atoms with Crippen LogP contribution in [0.5, 0.6) is 0 Å². The Morgan fingerprint density at radius 3 is 2.45 bits per heavy atom. The van der Waals surface area contributed by atoms with Crippen LogP contribution in [-0.2, 0) is 18.2 Å². The van der Waals surface area contributed by atoms with Crippen molar-refractivity contribution in [3.05, 3.63) is 64.1 Å². The second-order valence-corrected chi connectivity index (χ2v) is 9.94. The lowest BCUT2D eigenvalue weighted by Crippen LogP contribution is -2.53. The van der Waals surface area contributed by atoms with Crippen LogP contribution >= 0.6 is 11.6 Å². The molecule has 1 saturated heterocycles. The van der Waals surface area contributed by atoms with Crippen LogP contribution in [0.2, 0.25) is 5.02 Å². The lowest BCUT2D eigenvalue weighted by molar-refractivity contribution is -0.0951. The van der Waals surface area contributed by atoms with E-state index in [1.165, 1.54) is 17.0 Å². The topological polar surface area (TPSA) is 69.2 Å². The number of halogens is 1. The van der Waals surface area contributed by atoms with Crippen LogP contribution in [0.1, 0.15) is 66.4 Å². The van der Waals surface area contributed by atoms with Gasteiger partial charge in [-0.3, -0.25) is 9.58 Å². The van der Waals surface area contributed by atoms with Crippen molar-refractivity contribution >= 4 is 11.6 Å². The molecule has 0 bridgehead atoms. The Morgan fingerprint density at radius 1 is 1.06 bits per heavy atom. The van der Waals surface area contributed by atoms with Crippen molar-refractivity contribution < 1.29 is 9.15 Å². The number of nitrogens with zero attached hydrogens (tertiary/aromatic N) is 5. The number of rotatable bonds is 5. The molecule has 5 rings (SSSR count). The lowest BCUT2D eigenvalue weighted by Gasteiger charge is -2.45. The summed E-state index contributed by atoms with van der Waals surface area (Å²) in [4.78, 5) is 2.64. The number of aryl methyl sites for hydroxylation is 3. The highest BCUT2D eigenvalue weighted by Crippen LogP contribution is 2.37. The molecule has 2 fully saturated rings. The van der Waals surface area contributed by atoms with Gasteiger partial charge in [-0.05, 0) is 62.8 Å². The predicted octanol–water partition coefficient (Wildman–Crippen LogP) is 4.78. The highest BCUT2D eigenvalue weighted by molar-refractivity contribution is 6.30. The summed E-state index contributed by atoms with van der Waals surface area (Å²) in [5, 5.41) is 13.8. The van der Waals surface area contributed by atoms with Gasteiger partial charge in [0, 0.05) is 49.2 Å². The van der Waals surface area contributed by atoms with Gasteiger partial charge in [0.05, 0.1) is 12.3 Å². The summed E-state index contributed by atoms with van der Waals surface area (Å²) in [5.41, 5.74) is 3.75. The molecule has 2 unspecified atom stereocenters. The molecule has 1 aromatic carbocycles. The van der Waals surface area contributed by atoms with Crippen LogP contribution in [0.4, 0.5) is 0 Å². The zero-order valence-electron chi connectivity index (χ0n) is 19.6. The van der Waals surface area contributed by atoms with E-state index in [1.54, 1.807) is 0 Å². The molecular weight excluding hydrogens is 438 g/mol. The van der Waals surface area contributed by atoms with Crippen LogP contribution in [0.25, 0.3) is 0 Å². The SMILES string of the molecule is Cc1nnc(C2CN(C3CCC(c4cc(C)n(C)n4)CC3)C(Cc3ccc(Cl)cc3)CO2)o1. The Hall–Kier alpha value is -2.22. The third kappa shape index (κ3) is 5.00. The van der Waals surface area contributed by atoms with Crippen molar-refractivity contribution in [3.8, 4) is 0 Å². The number of morpholine rings is 1. The van der Waals surface area contributed by atoms with Gasteiger partial charge in [0.15, 0.2) is 0 Å². The van der Waals surface area contributed by atoms with Crippen LogP contribution in [0.3, 0.4) is 0 Å². The molecule has 8 heteroatoms. The molecule has 176 valence electrons. The highest BCUT2D eigenvalue weighted by atomic mass is 35.5. The maximum absolute atomic E-state index is 6.24. The quantitative estimate of drug-likeness (QED) is 0.535. The molecule has 2 atom stereocenters. The standard InChI is InChI=1S/C25H32ClN5O2/c1-16-12-23(29-30(16)3)19-6-10-21(11-7-19)31-14-24(25-28-27-17(2)33-25)32-15-22(31)13-18-4-8-20(26)9-5-18/h4-5,8-9,12,19,21-22,24H,6-7,10-11,13-15H2,1-3H3. The molecule has 33 heavy (non-hydrogen) atoms. The minimum Gasteiger partial charge on any atom is -0.423 e. The summed E-state index contributed by atoms with van der Waals surface area (Å²) < 4.78 is 13.9. The van der Waals surface area contributed by atoms with Crippen molar-refractivity contribution in [3.63, 3.8) is 0 Å². The minimum atomic E-state index is -0.177. The number of aromatic nitrogens is 4. The number of ether oxygens (including phenoxy) is 1. The Labute approximate surface area is 200 Å². The summed E-state index contributed by atoms with van der Waals surface area (Å²) in [6.45, 7) is 5.36. The fourth-order valence-corrected chi connectivity index (χ4v) is 5.44. The van der Waals surface area contributed by atoms with Crippen LogP contribution in [0.15, 0.2) is 34.7 Å². The lowest BCUT2D eigenvalue weighted by atomic mass is 9.82. The Bertz CT molecular complexity index is 1050. The monoisotopic (exact) mass is 469 g/mol. The first-order chi connectivity index (χ1) is 16.0. The normalized spacial score (nSPS) is 26.5. The molecule has 0 radical (unpaired) electrons. The molecule has 0 N–H and O–H groups in total. The summed E-state index contributed by atoms with van der Waals surface area (Å²) in [7, 11) is 2.03. The van der Waals surface area contributed by atoms with Gasteiger partial charge < -0.3 is 9.15 Å². The van der Waals surface area contributed by atoms with E-state index in [1.807, 2.05) is 30.8 Å². The van der Waals surface area contributed by atoms with Crippen LogP contribution < -0.4 is 0 Å². The molecule has 1 aliphatic carbocycles. The van der Waals surface area contributed by atoms with Crippen molar-refractivity contribution in [1.82, 2.24) is 24.9 Å². The first kappa shape index (κ1) is 22.6. The Kier molecular flexibility index (Phi) is 6.54. The van der Waals surface area contributed by atoms with Gasteiger partial charge in [-0.15, -0.1) is 10.2 Å². The zero-order valence-corrected chi connectivity index (χ0v) is 20.3. The van der Waals surface area contributed by atoms with Crippen molar-refractivity contribution in [2.24, 2.45) is 7.05 Å². The Morgan fingerprint density at radius 2 is 1.82 bits per heavy atom. The van der Waals surface area contributed by atoms with Crippen molar-refractivity contribution in [2.45, 2.75) is 70.1 Å². The second-order valence-electron chi connectivity index (χ2n) is 9.50. The van der Waals surface area contributed by atoms with Gasteiger partial charge in [0.2, 0.25) is 11.8 Å². The van der Waals surface area contributed by atoms with Crippen molar-refractivity contribution in [2.75, 3.05) is 13.2 Å². The third-order valence-corrected chi connectivity index (χ3v) is 7.51. The van der Waals surface area contributed by atoms with Gasteiger partial charge in [0.25, 0.3) is 0 Å². The maximum Gasteiger partial charge on any atom is 0.246 e. The molecule has 2 aromatic heterocycles. The molecule has 7 nitrogen and oxygen atoms in total. The van der Waals surface area contributed by atoms with E-state index < -0.39 is 0 Å². The summed E-state index contributed by atoms with van der Waals surface area (Å²) in [6.07, 6.45) is 5.41. The molecule has 3 aromatic rings. The van der Waals surface area contributed by atoms with E-state index in [0.29, 0.717) is 36.4 Å². The third-order valence-electron chi connectivity index (χ3n) is 7.25. The highest BCUT2D eigenvalue weighted by Gasteiger charge is 2.38. The molecule has 2 aliphatic rings. The van der Waals surface area contributed by atoms with E-state index in [0.717, 1.165) is 43.7 Å². The van der Waals surface area contributed by atoms with Gasteiger partial charge >= 0.3 is 0 Å². The fourth-order valence-electron chi connectivity index (χ4n) is 5.31.